The molecule has 0 radical (unpaired) electrons. The molecule has 372 valence electrons. The van der Waals surface area contributed by atoms with Gasteiger partial charge in [-0.15, -0.1) is 0 Å². The van der Waals surface area contributed by atoms with Crippen molar-refractivity contribution < 1.29 is 56.2 Å². The minimum absolute atomic E-state index is 0.00363. The molecule has 1 heterocycles. The zero-order valence-electron chi connectivity index (χ0n) is 39.8. The highest BCUT2D eigenvalue weighted by Gasteiger charge is 2.48. The molecular weight excluding hydrogens is 849 g/mol. The van der Waals surface area contributed by atoms with E-state index in [1.165, 1.54) is 32.1 Å². The van der Waals surface area contributed by atoms with Crippen molar-refractivity contribution in [1.29, 1.82) is 0 Å². The minimum atomic E-state index is -5.08. The SMILES string of the molecule is CC/C=C\C/C=C\C/C=C\C/C=C\C/C=C\C/C=C\C/C=C\CCCCOCC(COC1OC(CO)C(O)C(OS(=O)(=O)O)C1O)OC(=O)CCCCCCC/C=C\CCCCCCC. The number of esters is 1. The van der Waals surface area contributed by atoms with Gasteiger partial charge < -0.3 is 34.3 Å². The van der Waals surface area contributed by atoms with Crippen LogP contribution in [0.3, 0.4) is 0 Å². The lowest BCUT2D eigenvalue weighted by Gasteiger charge is -2.41. The number of allylic oxidation sites excluding steroid dienone is 16. The van der Waals surface area contributed by atoms with Gasteiger partial charge >= 0.3 is 16.4 Å². The third-order valence-electron chi connectivity index (χ3n) is 10.4. The number of ether oxygens (including phenoxy) is 4. The number of rotatable bonds is 41. The zero-order valence-corrected chi connectivity index (χ0v) is 40.6. The first-order chi connectivity index (χ1) is 31.6. The quantitative estimate of drug-likeness (QED) is 0.0198. The van der Waals surface area contributed by atoms with E-state index in [-0.39, 0.29) is 19.6 Å². The van der Waals surface area contributed by atoms with Crippen molar-refractivity contribution >= 4 is 16.4 Å². The lowest BCUT2D eigenvalue weighted by molar-refractivity contribution is -0.301. The maximum Gasteiger partial charge on any atom is 0.397 e. The van der Waals surface area contributed by atoms with Crippen molar-refractivity contribution in [3.8, 4) is 0 Å². The Morgan fingerprint density at radius 1 is 0.600 bits per heavy atom. The third kappa shape index (κ3) is 35.8. The fraction of sp³-hybridized carbons (Fsp3) is 0.673. The molecule has 1 aliphatic rings. The van der Waals surface area contributed by atoms with Crippen LogP contribution in [0.25, 0.3) is 0 Å². The van der Waals surface area contributed by atoms with Crippen LogP contribution in [-0.4, -0.2) is 97.5 Å². The van der Waals surface area contributed by atoms with Gasteiger partial charge in [-0.1, -0.05) is 156 Å². The first-order valence-corrected chi connectivity index (χ1v) is 25.9. The van der Waals surface area contributed by atoms with Gasteiger partial charge in [0.05, 0.1) is 19.8 Å². The molecule has 0 aromatic rings. The van der Waals surface area contributed by atoms with Crippen LogP contribution >= 0.6 is 0 Å². The predicted octanol–water partition coefficient (Wildman–Crippen LogP) is 11.0. The molecule has 65 heavy (non-hydrogen) atoms. The molecule has 13 heteroatoms. The standard InChI is InChI=1S/C52H86O12S/c1-3-5-7-9-11-13-15-17-19-20-21-22-23-24-25-26-27-28-30-32-34-36-38-40-42-60-44-46(45-61-52-50(56)51(64-65(57,58)59)49(55)47(43-53)63-52)62-48(54)41-39-37-35-33-31-29-18-16-14-12-10-8-6-4-2/h5,7,11,13,16-19,21-22,24-25,27-28,32,34,46-47,49-53,55-56H,3-4,6,8-10,12,14-15,20,23,26,29-31,33,35-45H2,1-2H3,(H,57,58,59)/b7-5-,13-11-,18-16-,19-17-,22-21-,25-24-,28-27-,34-32-. The van der Waals surface area contributed by atoms with Gasteiger partial charge in [0.1, 0.15) is 30.5 Å². The summed E-state index contributed by atoms with van der Waals surface area (Å²) < 4.78 is 59.1. The van der Waals surface area contributed by atoms with Crippen molar-refractivity contribution in [1.82, 2.24) is 0 Å². The molecule has 0 bridgehead atoms. The largest absolute Gasteiger partial charge is 0.457 e. The Morgan fingerprint density at radius 2 is 1.06 bits per heavy atom. The van der Waals surface area contributed by atoms with Gasteiger partial charge in [-0.25, -0.2) is 4.18 Å². The highest BCUT2D eigenvalue weighted by molar-refractivity contribution is 7.80. The van der Waals surface area contributed by atoms with Gasteiger partial charge in [-0.2, -0.15) is 8.42 Å². The predicted molar refractivity (Wildman–Crippen MR) is 261 cm³/mol. The average Bonchev–Trinajstić information content (AvgIpc) is 3.28. The Bertz CT molecular complexity index is 1500. The molecule has 6 unspecified atom stereocenters. The molecule has 0 aromatic carbocycles. The fourth-order valence-electron chi connectivity index (χ4n) is 6.76. The molecule has 0 spiro atoms. The van der Waals surface area contributed by atoms with Gasteiger partial charge in [0.15, 0.2) is 6.29 Å². The van der Waals surface area contributed by atoms with Crippen molar-refractivity contribution in [2.24, 2.45) is 0 Å². The second-order valence-electron chi connectivity index (χ2n) is 16.3. The minimum Gasteiger partial charge on any atom is -0.457 e. The van der Waals surface area contributed by atoms with Gasteiger partial charge in [0.25, 0.3) is 0 Å². The van der Waals surface area contributed by atoms with Gasteiger partial charge in [-0.05, 0) is 96.3 Å². The van der Waals surface area contributed by atoms with Gasteiger partial charge in [0, 0.05) is 13.0 Å². The van der Waals surface area contributed by atoms with Crippen LogP contribution in [0.1, 0.15) is 162 Å². The van der Waals surface area contributed by atoms with E-state index in [0.29, 0.717) is 13.0 Å². The van der Waals surface area contributed by atoms with E-state index in [0.717, 1.165) is 103 Å². The number of aliphatic hydroxyl groups excluding tert-OH is 3. The van der Waals surface area contributed by atoms with Crippen molar-refractivity contribution in [2.45, 2.75) is 198 Å². The molecule has 1 aliphatic heterocycles. The maximum atomic E-state index is 12.9. The first kappa shape index (κ1) is 60.0. The Hall–Kier alpha value is -2.98. The highest BCUT2D eigenvalue weighted by atomic mass is 32.3. The van der Waals surface area contributed by atoms with Crippen molar-refractivity contribution in [3.05, 3.63) is 97.2 Å². The number of hydrogen-bond acceptors (Lipinski definition) is 11. The first-order valence-electron chi connectivity index (χ1n) is 24.5. The number of unbranched alkanes of at least 4 members (excludes halogenated alkanes) is 12. The van der Waals surface area contributed by atoms with Crippen LogP contribution < -0.4 is 0 Å². The van der Waals surface area contributed by atoms with Gasteiger partial charge in [-0.3, -0.25) is 9.35 Å². The lowest BCUT2D eigenvalue weighted by Crippen LogP contribution is -2.60. The summed E-state index contributed by atoms with van der Waals surface area (Å²) >= 11 is 0. The summed E-state index contributed by atoms with van der Waals surface area (Å²) in [5, 5.41) is 30.7. The van der Waals surface area contributed by atoms with Gasteiger partial charge in [0.2, 0.25) is 0 Å². The molecule has 1 fully saturated rings. The summed E-state index contributed by atoms with van der Waals surface area (Å²) in [4.78, 5) is 12.9. The Morgan fingerprint density at radius 3 is 1.57 bits per heavy atom. The van der Waals surface area contributed by atoms with E-state index < -0.39 is 59.8 Å². The van der Waals surface area contributed by atoms with Crippen LogP contribution in [0.5, 0.6) is 0 Å². The van der Waals surface area contributed by atoms with Crippen LogP contribution in [0.4, 0.5) is 0 Å². The third-order valence-corrected chi connectivity index (χ3v) is 10.9. The van der Waals surface area contributed by atoms with Crippen LogP contribution in [0.15, 0.2) is 97.2 Å². The van der Waals surface area contributed by atoms with Crippen molar-refractivity contribution in [2.75, 3.05) is 26.4 Å². The highest BCUT2D eigenvalue weighted by Crippen LogP contribution is 2.26. The summed E-state index contributed by atoms with van der Waals surface area (Å²) in [5.41, 5.74) is 0. The summed E-state index contributed by atoms with van der Waals surface area (Å²) in [6, 6.07) is 0. The van der Waals surface area contributed by atoms with E-state index in [1.54, 1.807) is 0 Å². The van der Waals surface area contributed by atoms with Crippen LogP contribution in [0.2, 0.25) is 0 Å². The van der Waals surface area contributed by atoms with E-state index in [2.05, 4.69) is 115 Å². The van der Waals surface area contributed by atoms with Crippen molar-refractivity contribution in [3.63, 3.8) is 0 Å². The fourth-order valence-corrected chi connectivity index (χ4v) is 7.27. The number of carbonyl (C=O) groups is 1. The molecule has 6 atom stereocenters. The Balaban J connectivity index is 2.43. The van der Waals surface area contributed by atoms with E-state index in [4.69, 9.17) is 18.9 Å². The second kappa shape index (κ2) is 42.4. The molecule has 0 aliphatic carbocycles. The van der Waals surface area contributed by atoms with E-state index in [1.807, 2.05) is 0 Å². The zero-order chi connectivity index (χ0) is 47.5. The summed E-state index contributed by atoms with van der Waals surface area (Å²) in [6.07, 6.45) is 48.7. The summed E-state index contributed by atoms with van der Waals surface area (Å²) in [7, 11) is -5.08. The smallest absolute Gasteiger partial charge is 0.397 e. The molecule has 0 saturated carbocycles. The van der Waals surface area contributed by atoms with Crippen LogP contribution in [0, 0.1) is 0 Å². The number of aliphatic hydroxyl groups is 3. The summed E-state index contributed by atoms with van der Waals surface area (Å²) in [5.74, 6) is -0.428. The second-order valence-corrected chi connectivity index (χ2v) is 17.4. The number of hydrogen-bond donors (Lipinski definition) is 4. The monoisotopic (exact) mass is 935 g/mol. The molecule has 1 rings (SSSR count). The average molecular weight is 935 g/mol. The maximum absolute atomic E-state index is 12.9. The normalized spacial score (nSPS) is 20.5. The topological polar surface area (TPSA) is 178 Å². The Labute approximate surface area is 393 Å². The molecular formula is C52H86O12S. The lowest BCUT2D eigenvalue weighted by atomic mass is 9.99. The number of carbonyl (C=O) groups excluding carboxylic acids is 1. The van der Waals surface area contributed by atoms with Crippen LogP contribution in [-0.2, 0) is 38.3 Å². The molecule has 12 nitrogen and oxygen atoms in total. The summed E-state index contributed by atoms with van der Waals surface area (Å²) in [6.45, 7) is 3.72. The molecule has 4 N–H and O–H groups in total. The molecule has 0 amide bonds. The Kier molecular flexibility index (Phi) is 39.1. The molecule has 0 aromatic heterocycles. The molecule has 1 saturated heterocycles. The van der Waals surface area contributed by atoms with E-state index in [9.17, 15) is 33.1 Å². The van der Waals surface area contributed by atoms with E-state index >= 15 is 0 Å².